The Morgan fingerprint density at radius 1 is 1.00 bits per heavy atom. The molecule has 0 saturated carbocycles. The summed E-state index contributed by atoms with van der Waals surface area (Å²) in [6.45, 7) is 1.96. The highest BCUT2D eigenvalue weighted by Crippen LogP contribution is 2.32. The first-order valence-corrected chi connectivity index (χ1v) is 5.39. The van der Waals surface area contributed by atoms with Crippen molar-refractivity contribution in [2.45, 2.75) is 6.92 Å². The Bertz CT molecular complexity index is 506. The number of hydrogen-bond donors (Lipinski definition) is 0. The van der Waals surface area contributed by atoms with E-state index < -0.39 is 0 Å². The van der Waals surface area contributed by atoms with E-state index in [0.717, 1.165) is 28.3 Å². The molecule has 88 valence electrons. The van der Waals surface area contributed by atoms with E-state index in [1.807, 2.05) is 43.5 Å². The Kier molecular flexibility index (Phi) is 3.28. The van der Waals surface area contributed by atoms with E-state index in [9.17, 15) is 0 Å². The first kappa shape index (κ1) is 11.5. The minimum Gasteiger partial charge on any atom is -0.497 e. The maximum Gasteiger partial charge on any atom is 0.127 e. The zero-order valence-electron chi connectivity index (χ0n) is 10.2. The van der Waals surface area contributed by atoms with Gasteiger partial charge in [0.2, 0.25) is 0 Å². The van der Waals surface area contributed by atoms with Gasteiger partial charge < -0.3 is 9.47 Å². The summed E-state index contributed by atoms with van der Waals surface area (Å²) in [6.07, 6.45) is 1.84. The number of rotatable bonds is 3. The molecule has 0 atom stereocenters. The highest BCUT2D eigenvalue weighted by molar-refractivity contribution is 5.71. The van der Waals surface area contributed by atoms with Crippen LogP contribution in [0.25, 0.3) is 11.1 Å². The van der Waals surface area contributed by atoms with Crippen molar-refractivity contribution in [1.82, 2.24) is 4.98 Å². The fourth-order valence-electron chi connectivity index (χ4n) is 1.67. The van der Waals surface area contributed by atoms with Gasteiger partial charge in [-0.3, -0.25) is 4.98 Å². The summed E-state index contributed by atoms with van der Waals surface area (Å²) in [6, 6.07) is 9.73. The van der Waals surface area contributed by atoms with Crippen molar-refractivity contribution < 1.29 is 9.47 Å². The summed E-state index contributed by atoms with van der Waals surface area (Å²) in [4.78, 5) is 4.29. The van der Waals surface area contributed by atoms with E-state index in [4.69, 9.17) is 9.47 Å². The van der Waals surface area contributed by atoms with E-state index in [-0.39, 0.29) is 0 Å². The van der Waals surface area contributed by atoms with E-state index in [0.29, 0.717) is 0 Å². The second kappa shape index (κ2) is 4.87. The number of hydrogen-bond acceptors (Lipinski definition) is 3. The van der Waals surface area contributed by atoms with Gasteiger partial charge >= 0.3 is 0 Å². The van der Waals surface area contributed by atoms with Crippen LogP contribution in [0.2, 0.25) is 0 Å². The predicted octanol–water partition coefficient (Wildman–Crippen LogP) is 3.07. The number of aromatic nitrogens is 1. The minimum atomic E-state index is 0.807. The molecular weight excluding hydrogens is 214 g/mol. The van der Waals surface area contributed by atoms with Gasteiger partial charge in [-0.1, -0.05) is 6.07 Å². The van der Waals surface area contributed by atoms with Crippen LogP contribution in [0.15, 0.2) is 36.5 Å². The third-order valence-electron chi connectivity index (χ3n) is 2.63. The zero-order chi connectivity index (χ0) is 12.3. The largest absolute Gasteiger partial charge is 0.497 e. The second-order valence-electron chi connectivity index (χ2n) is 3.75. The molecular formula is C14H15NO2. The summed E-state index contributed by atoms with van der Waals surface area (Å²) in [5, 5.41) is 0. The molecule has 3 nitrogen and oxygen atoms in total. The number of ether oxygens (including phenoxy) is 2. The van der Waals surface area contributed by atoms with E-state index in [1.165, 1.54) is 0 Å². The van der Waals surface area contributed by atoms with Crippen molar-refractivity contribution in [2.75, 3.05) is 14.2 Å². The molecule has 1 aromatic carbocycles. The Balaban J connectivity index is 2.51. The number of methoxy groups -OCH3 is 2. The topological polar surface area (TPSA) is 31.4 Å². The molecule has 2 rings (SSSR count). The van der Waals surface area contributed by atoms with Crippen LogP contribution in [-0.2, 0) is 0 Å². The van der Waals surface area contributed by atoms with Crippen LogP contribution in [0.5, 0.6) is 11.5 Å². The third kappa shape index (κ3) is 2.38. The molecule has 2 aromatic rings. The lowest BCUT2D eigenvalue weighted by atomic mass is 10.1. The average Bonchev–Trinajstić information content (AvgIpc) is 2.39. The predicted molar refractivity (Wildman–Crippen MR) is 67.5 cm³/mol. The van der Waals surface area contributed by atoms with E-state index in [1.54, 1.807) is 14.2 Å². The minimum absolute atomic E-state index is 0.807. The highest BCUT2D eigenvalue weighted by Gasteiger charge is 2.07. The van der Waals surface area contributed by atoms with Gasteiger partial charge in [0.05, 0.1) is 14.2 Å². The molecule has 0 aliphatic rings. The Hall–Kier alpha value is -2.03. The van der Waals surface area contributed by atoms with Gasteiger partial charge in [0.1, 0.15) is 11.5 Å². The van der Waals surface area contributed by atoms with Crippen LogP contribution in [0, 0.1) is 6.92 Å². The van der Waals surface area contributed by atoms with Crippen LogP contribution < -0.4 is 9.47 Å². The standard InChI is InChI=1S/C14H15NO2/c1-10-4-5-11(9-15-10)13-8-12(16-2)6-7-14(13)17-3/h4-9H,1-3H3. The summed E-state index contributed by atoms with van der Waals surface area (Å²) in [5.41, 5.74) is 3.00. The van der Waals surface area contributed by atoms with E-state index >= 15 is 0 Å². The summed E-state index contributed by atoms with van der Waals surface area (Å²) >= 11 is 0. The molecule has 3 heteroatoms. The van der Waals surface area contributed by atoms with Gasteiger partial charge in [0.25, 0.3) is 0 Å². The number of nitrogens with zero attached hydrogens (tertiary/aromatic N) is 1. The van der Waals surface area contributed by atoms with Crippen molar-refractivity contribution in [1.29, 1.82) is 0 Å². The van der Waals surface area contributed by atoms with Crippen molar-refractivity contribution in [2.24, 2.45) is 0 Å². The maximum absolute atomic E-state index is 5.35. The second-order valence-corrected chi connectivity index (χ2v) is 3.75. The third-order valence-corrected chi connectivity index (χ3v) is 2.63. The van der Waals surface area contributed by atoms with Gasteiger partial charge in [0.15, 0.2) is 0 Å². The lowest BCUT2D eigenvalue weighted by Crippen LogP contribution is -1.91. The molecule has 0 spiro atoms. The quantitative estimate of drug-likeness (QED) is 0.810. The van der Waals surface area contributed by atoms with Crippen molar-refractivity contribution in [3.8, 4) is 22.6 Å². The first-order valence-electron chi connectivity index (χ1n) is 5.39. The molecule has 0 saturated heterocycles. The number of aryl methyl sites for hydroxylation is 1. The summed E-state index contributed by atoms with van der Waals surface area (Å²) in [5.74, 6) is 1.62. The summed E-state index contributed by atoms with van der Waals surface area (Å²) < 4.78 is 10.6. The molecule has 0 fully saturated rings. The number of benzene rings is 1. The van der Waals surface area contributed by atoms with Crippen molar-refractivity contribution in [3.63, 3.8) is 0 Å². The first-order chi connectivity index (χ1) is 8.24. The normalized spacial score (nSPS) is 10.1. The Morgan fingerprint density at radius 2 is 1.82 bits per heavy atom. The molecule has 0 bridgehead atoms. The molecule has 0 unspecified atom stereocenters. The van der Waals surface area contributed by atoms with Crippen LogP contribution in [0.4, 0.5) is 0 Å². The highest BCUT2D eigenvalue weighted by atomic mass is 16.5. The molecule has 0 radical (unpaired) electrons. The van der Waals surface area contributed by atoms with Crippen LogP contribution in [0.3, 0.4) is 0 Å². The van der Waals surface area contributed by atoms with Crippen LogP contribution >= 0.6 is 0 Å². The fraction of sp³-hybridized carbons (Fsp3) is 0.214. The molecule has 0 amide bonds. The van der Waals surface area contributed by atoms with Crippen LogP contribution in [-0.4, -0.2) is 19.2 Å². The molecule has 0 aliphatic heterocycles. The molecule has 0 N–H and O–H groups in total. The maximum atomic E-state index is 5.35. The molecule has 1 aromatic heterocycles. The molecule has 0 aliphatic carbocycles. The lowest BCUT2D eigenvalue weighted by Gasteiger charge is -2.10. The van der Waals surface area contributed by atoms with Crippen LogP contribution in [0.1, 0.15) is 5.69 Å². The summed E-state index contributed by atoms with van der Waals surface area (Å²) in [7, 11) is 3.31. The average molecular weight is 229 g/mol. The SMILES string of the molecule is COc1ccc(OC)c(-c2ccc(C)nc2)c1. The van der Waals surface area contributed by atoms with Gasteiger partial charge in [-0.2, -0.15) is 0 Å². The Morgan fingerprint density at radius 3 is 2.41 bits per heavy atom. The van der Waals surface area contributed by atoms with Crippen molar-refractivity contribution in [3.05, 3.63) is 42.2 Å². The monoisotopic (exact) mass is 229 g/mol. The fourth-order valence-corrected chi connectivity index (χ4v) is 1.67. The van der Waals surface area contributed by atoms with Gasteiger partial charge in [0, 0.05) is 23.0 Å². The number of pyridine rings is 1. The van der Waals surface area contributed by atoms with Gasteiger partial charge in [-0.05, 0) is 31.2 Å². The Labute approximate surface area is 101 Å². The molecule has 17 heavy (non-hydrogen) atoms. The zero-order valence-corrected chi connectivity index (χ0v) is 10.2. The van der Waals surface area contributed by atoms with E-state index in [2.05, 4.69) is 4.98 Å². The lowest BCUT2D eigenvalue weighted by molar-refractivity contribution is 0.404. The van der Waals surface area contributed by atoms with Gasteiger partial charge in [-0.15, -0.1) is 0 Å². The molecule has 1 heterocycles. The smallest absolute Gasteiger partial charge is 0.127 e. The van der Waals surface area contributed by atoms with Gasteiger partial charge in [-0.25, -0.2) is 0 Å². The van der Waals surface area contributed by atoms with Crippen molar-refractivity contribution >= 4 is 0 Å².